The van der Waals surface area contributed by atoms with Gasteiger partial charge in [-0.3, -0.25) is 4.68 Å². The molecule has 2 heterocycles. The third-order valence-corrected chi connectivity index (χ3v) is 4.49. The van der Waals surface area contributed by atoms with E-state index in [1.54, 1.807) is 0 Å². The predicted octanol–water partition coefficient (Wildman–Crippen LogP) is 2.83. The molecule has 0 radical (unpaired) electrons. The third kappa shape index (κ3) is 3.79. The second kappa shape index (κ2) is 6.82. The highest BCUT2D eigenvalue weighted by molar-refractivity contribution is 5.51. The average molecular weight is 292 g/mol. The van der Waals surface area contributed by atoms with E-state index in [2.05, 4.69) is 56.1 Å². The van der Waals surface area contributed by atoms with Gasteiger partial charge in [-0.15, -0.1) is 0 Å². The zero-order valence-corrected chi connectivity index (χ0v) is 14.6. The van der Waals surface area contributed by atoms with E-state index in [1.807, 2.05) is 11.7 Å². The summed E-state index contributed by atoms with van der Waals surface area (Å²) in [6, 6.07) is 1.15. The third-order valence-electron chi connectivity index (χ3n) is 4.49. The molecule has 4 heteroatoms. The molecule has 21 heavy (non-hydrogen) atoms. The highest BCUT2D eigenvalue weighted by atomic mass is 15.3. The van der Waals surface area contributed by atoms with Gasteiger partial charge < -0.3 is 10.2 Å². The van der Waals surface area contributed by atoms with Crippen molar-refractivity contribution in [2.24, 2.45) is 18.9 Å². The summed E-state index contributed by atoms with van der Waals surface area (Å²) < 4.78 is 1.96. The Morgan fingerprint density at radius 2 is 2.05 bits per heavy atom. The maximum Gasteiger partial charge on any atom is 0.0855 e. The average Bonchev–Trinajstić information content (AvgIpc) is 2.78. The highest BCUT2D eigenvalue weighted by Crippen LogP contribution is 2.28. The lowest BCUT2D eigenvalue weighted by Crippen LogP contribution is -2.58. The van der Waals surface area contributed by atoms with Crippen molar-refractivity contribution in [2.75, 3.05) is 18.0 Å². The van der Waals surface area contributed by atoms with Gasteiger partial charge in [0.05, 0.1) is 11.4 Å². The fraction of sp³-hybridized carbons (Fsp3) is 0.824. The molecule has 0 amide bonds. The number of piperazine rings is 1. The summed E-state index contributed by atoms with van der Waals surface area (Å²) in [5.41, 5.74) is 2.57. The van der Waals surface area contributed by atoms with E-state index < -0.39 is 0 Å². The van der Waals surface area contributed by atoms with E-state index >= 15 is 0 Å². The smallest absolute Gasteiger partial charge is 0.0855 e. The summed E-state index contributed by atoms with van der Waals surface area (Å²) in [4.78, 5) is 2.61. The molecule has 2 atom stereocenters. The van der Waals surface area contributed by atoms with Gasteiger partial charge in [0.1, 0.15) is 0 Å². The Labute approximate surface area is 129 Å². The molecule has 1 N–H and O–H groups in total. The van der Waals surface area contributed by atoms with E-state index in [-0.39, 0.29) is 0 Å². The lowest BCUT2D eigenvalue weighted by atomic mass is 9.94. The van der Waals surface area contributed by atoms with Gasteiger partial charge in [-0.05, 0) is 24.7 Å². The van der Waals surface area contributed by atoms with Gasteiger partial charge in [0.25, 0.3) is 0 Å². The lowest BCUT2D eigenvalue weighted by molar-refractivity contribution is 0.310. The van der Waals surface area contributed by atoms with Gasteiger partial charge in [0.2, 0.25) is 0 Å². The number of anilines is 1. The fourth-order valence-corrected chi connectivity index (χ4v) is 3.45. The molecule has 4 nitrogen and oxygen atoms in total. The van der Waals surface area contributed by atoms with Crippen LogP contribution in [0.3, 0.4) is 0 Å². The SMILES string of the molecule is CCc1nn(C)cc1N1CC(CC(C)C)NCC1C(C)C. The summed E-state index contributed by atoms with van der Waals surface area (Å²) in [5, 5.41) is 8.40. The molecular formula is C17H32N4. The zero-order chi connectivity index (χ0) is 15.6. The van der Waals surface area contributed by atoms with Crippen molar-refractivity contribution >= 4 is 5.69 Å². The number of aromatic nitrogens is 2. The first kappa shape index (κ1) is 16.3. The predicted molar refractivity (Wildman–Crippen MR) is 89.8 cm³/mol. The van der Waals surface area contributed by atoms with Gasteiger partial charge >= 0.3 is 0 Å². The highest BCUT2D eigenvalue weighted by Gasteiger charge is 2.32. The molecule has 2 rings (SSSR count). The van der Waals surface area contributed by atoms with Crippen molar-refractivity contribution in [2.45, 2.75) is 59.5 Å². The van der Waals surface area contributed by atoms with Gasteiger partial charge in [-0.1, -0.05) is 34.6 Å². The summed E-state index contributed by atoms with van der Waals surface area (Å²) >= 11 is 0. The molecule has 0 saturated carbocycles. The first-order chi connectivity index (χ1) is 9.92. The van der Waals surface area contributed by atoms with Gasteiger partial charge in [0, 0.05) is 38.4 Å². The van der Waals surface area contributed by atoms with Gasteiger partial charge in [0.15, 0.2) is 0 Å². The molecule has 1 saturated heterocycles. The van der Waals surface area contributed by atoms with Crippen LogP contribution < -0.4 is 10.2 Å². The quantitative estimate of drug-likeness (QED) is 0.906. The Morgan fingerprint density at radius 1 is 1.33 bits per heavy atom. The number of nitrogens with one attached hydrogen (secondary N) is 1. The minimum atomic E-state index is 0.558. The Bertz CT molecular complexity index is 450. The number of nitrogens with zero attached hydrogens (tertiary/aromatic N) is 3. The van der Waals surface area contributed by atoms with E-state index in [0.29, 0.717) is 18.0 Å². The summed E-state index contributed by atoms with van der Waals surface area (Å²) in [5.74, 6) is 1.38. The largest absolute Gasteiger partial charge is 0.363 e. The van der Waals surface area contributed by atoms with Crippen molar-refractivity contribution in [1.29, 1.82) is 0 Å². The first-order valence-corrected chi connectivity index (χ1v) is 8.44. The van der Waals surface area contributed by atoms with Crippen LogP contribution in [-0.4, -0.2) is 35.0 Å². The van der Waals surface area contributed by atoms with Crippen molar-refractivity contribution in [1.82, 2.24) is 15.1 Å². The van der Waals surface area contributed by atoms with Crippen LogP contribution in [0.2, 0.25) is 0 Å². The van der Waals surface area contributed by atoms with Crippen LogP contribution in [0.25, 0.3) is 0 Å². The number of rotatable bonds is 5. The molecule has 0 spiro atoms. The molecular weight excluding hydrogens is 260 g/mol. The standard InChI is InChI=1S/C17H32N4/c1-7-15-17(11-20(6)19-15)21-10-14(8-12(2)3)18-9-16(21)13(4)5/h11-14,16,18H,7-10H2,1-6H3. The molecule has 0 aliphatic carbocycles. The second-order valence-electron chi connectivity index (χ2n) is 7.19. The van der Waals surface area contributed by atoms with Crippen LogP contribution in [0.4, 0.5) is 5.69 Å². The van der Waals surface area contributed by atoms with Crippen molar-refractivity contribution in [3.63, 3.8) is 0 Å². The van der Waals surface area contributed by atoms with Crippen LogP contribution in [0.5, 0.6) is 0 Å². The Morgan fingerprint density at radius 3 is 2.62 bits per heavy atom. The Balaban J connectivity index is 2.24. The zero-order valence-electron chi connectivity index (χ0n) is 14.6. The molecule has 2 unspecified atom stereocenters. The van der Waals surface area contributed by atoms with Gasteiger partial charge in [-0.25, -0.2) is 0 Å². The van der Waals surface area contributed by atoms with E-state index in [4.69, 9.17) is 0 Å². The van der Waals surface area contributed by atoms with Crippen LogP contribution in [-0.2, 0) is 13.5 Å². The summed E-state index contributed by atoms with van der Waals surface area (Å²) in [6.45, 7) is 13.6. The lowest BCUT2D eigenvalue weighted by Gasteiger charge is -2.44. The van der Waals surface area contributed by atoms with E-state index in [1.165, 1.54) is 17.8 Å². The number of hydrogen-bond acceptors (Lipinski definition) is 3. The number of hydrogen-bond donors (Lipinski definition) is 1. The fourth-order valence-electron chi connectivity index (χ4n) is 3.45. The number of aryl methyl sites for hydroxylation is 2. The van der Waals surface area contributed by atoms with Crippen LogP contribution >= 0.6 is 0 Å². The molecule has 120 valence electrons. The topological polar surface area (TPSA) is 33.1 Å². The Kier molecular flexibility index (Phi) is 5.31. The van der Waals surface area contributed by atoms with Crippen LogP contribution in [0.15, 0.2) is 6.20 Å². The van der Waals surface area contributed by atoms with E-state index in [9.17, 15) is 0 Å². The normalized spacial score (nSPS) is 23.3. The van der Waals surface area contributed by atoms with Crippen LogP contribution in [0, 0.1) is 11.8 Å². The molecule has 0 bridgehead atoms. The molecule has 1 aromatic heterocycles. The maximum atomic E-state index is 4.64. The molecule has 1 fully saturated rings. The first-order valence-electron chi connectivity index (χ1n) is 8.44. The monoisotopic (exact) mass is 292 g/mol. The van der Waals surface area contributed by atoms with Crippen molar-refractivity contribution in [3.8, 4) is 0 Å². The minimum absolute atomic E-state index is 0.558. The Hall–Kier alpha value is -1.03. The van der Waals surface area contributed by atoms with Crippen molar-refractivity contribution in [3.05, 3.63) is 11.9 Å². The van der Waals surface area contributed by atoms with E-state index in [0.717, 1.165) is 25.4 Å². The van der Waals surface area contributed by atoms with Crippen molar-refractivity contribution < 1.29 is 0 Å². The maximum absolute atomic E-state index is 4.64. The van der Waals surface area contributed by atoms with Gasteiger partial charge in [-0.2, -0.15) is 5.10 Å². The molecule has 1 aliphatic heterocycles. The molecule has 1 aliphatic rings. The molecule has 0 aromatic carbocycles. The minimum Gasteiger partial charge on any atom is -0.363 e. The van der Waals surface area contributed by atoms with Crippen LogP contribution in [0.1, 0.15) is 46.7 Å². The molecule has 1 aromatic rings. The second-order valence-corrected chi connectivity index (χ2v) is 7.19. The summed E-state index contributed by atoms with van der Waals surface area (Å²) in [7, 11) is 2.03. The summed E-state index contributed by atoms with van der Waals surface area (Å²) in [6.07, 6.45) is 4.44.